The third kappa shape index (κ3) is 6.13. The van der Waals surface area contributed by atoms with Gasteiger partial charge < -0.3 is 15.2 Å². The van der Waals surface area contributed by atoms with Crippen LogP contribution in [0.2, 0.25) is 0 Å². The van der Waals surface area contributed by atoms with Crippen LogP contribution in [0.15, 0.2) is 24.3 Å². The van der Waals surface area contributed by atoms with Crippen LogP contribution in [0.5, 0.6) is 5.75 Å². The third-order valence-electron chi connectivity index (χ3n) is 4.34. The molecule has 0 spiro atoms. The summed E-state index contributed by atoms with van der Waals surface area (Å²) in [5, 5.41) is 13.3. The summed E-state index contributed by atoms with van der Waals surface area (Å²) in [6.45, 7) is 6.63. The van der Waals surface area contributed by atoms with Crippen molar-refractivity contribution < 1.29 is 14.6 Å². The number of nitrogens with one attached hydrogen (secondary N) is 1. The van der Waals surface area contributed by atoms with Crippen LogP contribution in [0.25, 0.3) is 0 Å². The van der Waals surface area contributed by atoms with Gasteiger partial charge in [-0.25, -0.2) is 0 Å². The average Bonchev–Trinajstić information content (AvgIpc) is 2.54. The molecule has 0 bridgehead atoms. The fourth-order valence-corrected chi connectivity index (χ4v) is 3.12. The number of carbonyl (C=O) groups excluding carboxylic acids is 1. The number of piperidine rings is 1. The predicted octanol–water partition coefficient (Wildman–Crippen LogP) is 2.12. The number of aliphatic hydroxyl groups excluding tert-OH is 1. The molecule has 5 nitrogen and oxygen atoms in total. The highest BCUT2D eigenvalue weighted by Gasteiger charge is 2.23. The Bertz CT molecular complexity index is 521. The molecule has 1 heterocycles. The average molecular weight is 334 g/mol. The molecule has 0 saturated carbocycles. The molecular formula is C19H30N2O3. The number of carbonyl (C=O) groups is 1. The Hall–Kier alpha value is -1.59. The number of rotatable bonds is 8. The van der Waals surface area contributed by atoms with Crippen LogP contribution in [0.4, 0.5) is 0 Å². The number of hydrogen-bond donors (Lipinski definition) is 2. The second-order valence-corrected chi connectivity index (χ2v) is 6.65. The van der Waals surface area contributed by atoms with E-state index in [0.717, 1.165) is 43.7 Å². The minimum absolute atomic E-state index is 0.132. The molecule has 134 valence electrons. The fourth-order valence-electron chi connectivity index (χ4n) is 3.12. The van der Waals surface area contributed by atoms with E-state index in [2.05, 4.69) is 10.2 Å². The molecule has 1 aliphatic heterocycles. The molecule has 0 radical (unpaired) electrons. The van der Waals surface area contributed by atoms with Gasteiger partial charge in [-0.1, -0.05) is 25.1 Å². The van der Waals surface area contributed by atoms with Crippen LogP contribution >= 0.6 is 0 Å². The Labute approximate surface area is 145 Å². The van der Waals surface area contributed by atoms with Gasteiger partial charge in [0.05, 0.1) is 0 Å². The number of aliphatic hydroxyl groups is 1. The molecule has 1 fully saturated rings. The van der Waals surface area contributed by atoms with Crippen molar-refractivity contribution in [3.8, 4) is 5.75 Å². The van der Waals surface area contributed by atoms with E-state index in [0.29, 0.717) is 13.0 Å². The Balaban J connectivity index is 1.73. The lowest BCUT2D eigenvalue weighted by atomic mass is 10.0. The van der Waals surface area contributed by atoms with E-state index in [-0.39, 0.29) is 18.6 Å². The van der Waals surface area contributed by atoms with Crippen LogP contribution in [-0.4, -0.2) is 54.3 Å². The summed E-state index contributed by atoms with van der Waals surface area (Å²) in [4.78, 5) is 13.9. The van der Waals surface area contributed by atoms with Crippen LogP contribution in [-0.2, 0) is 4.79 Å². The highest BCUT2D eigenvalue weighted by atomic mass is 16.5. The Kier molecular flexibility index (Phi) is 7.53. The lowest BCUT2D eigenvalue weighted by Gasteiger charge is -2.34. The number of amides is 1. The van der Waals surface area contributed by atoms with Gasteiger partial charge in [-0.3, -0.25) is 9.69 Å². The number of aryl methyl sites for hydroxylation is 1. The van der Waals surface area contributed by atoms with Crippen molar-refractivity contribution in [3.05, 3.63) is 29.8 Å². The minimum Gasteiger partial charge on any atom is -0.491 e. The molecule has 1 aliphatic rings. The van der Waals surface area contributed by atoms with Crippen molar-refractivity contribution in [1.29, 1.82) is 0 Å². The first kappa shape index (κ1) is 18.7. The molecular weight excluding hydrogens is 304 g/mol. The molecule has 2 atom stereocenters. The summed E-state index contributed by atoms with van der Waals surface area (Å²) >= 11 is 0. The largest absolute Gasteiger partial charge is 0.491 e. The van der Waals surface area contributed by atoms with Gasteiger partial charge >= 0.3 is 0 Å². The molecule has 1 aromatic carbocycles. The molecule has 0 aromatic heterocycles. The van der Waals surface area contributed by atoms with E-state index in [1.165, 1.54) is 0 Å². The molecule has 2 N–H and O–H groups in total. The quantitative estimate of drug-likeness (QED) is 0.764. The number of hydrogen-bond acceptors (Lipinski definition) is 4. The summed E-state index contributed by atoms with van der Waals surface area (Å²) < 4.78 is 5.72. The van der Waals surface area contributed by atoms with Gasteiger partial charge in [0.1, 0.15) is 18.5 Å². The van der Waals surface area contributed by atoms with Crippen molar-refractivity contribution in [2.24, 2.45) is 0 Å². The molecule has 2 rings (SSSR count). The summed E-state index contributed by atoms with van der Waals surface area (Å²) in [6, 6.07) is 8.02. The van der Waals surface area contributed by atoms with Gasteiger partial charge in [-0.2, -0.15) is 0 Å². The van der Waals surface area contributed by atoms with Gasteiger partial charge in [0.25, 0.3) is 0 Å². The zero-order chi connectivity index (χ0) is 17.4. The first-order valence-corrected chi connectivity index (χ1v) is 8.96. The maximum absolute atomic E-state index is 11.7. The number of ether oxygens (including phenoxy) is 1. The van der Waals surface area contributed by atoms with E-state index in [1.54, 1.807) is 0 Å². The second-order valence-electron chi connectivity index (χ2n) is 6.65. The van der Waals surface area contributed by atoms with Gasteiger partial charge in [-0.05, 0) is 44.4 Å². The van der Waals surface area contributed by atoms with Crippen molar-refractivity contribution in [2.75, 3.05) is 26.2 Å². The normalized spacial score (nSPS) is 19.7. The second kappa shape index (κ2) is 9.64. The molecule has 1 saturated heterocycles. The van der Waals surface area contributed by atoms with Crippen LogP contribution in [0, 0.1) is 6.92 Å². The smallest absolute Gasteiger partial charge is 0.220 e. The van der Waals surface area contributed by atoms with E-state index >= 15 is 0 Å². The first-order chi connectivity index (χ1) is 11.6. The SMILES string of the molecule is CCCC(=O)NC1CCCN(CC(O)COc2ccccc2C)C1. The van der Waals surface area contributed by atoms with Crippen LogP contribution in [0.3, 0.4) is 0 Å². The number of nitrogens with zero attached hydrogens (tertiary/aromatic N) is 1. The Morgan fingerprint density at radius 2 is 2.25 bits per heavy atom. The summed E-state index contributed by atoms with van der Waals surface area (Å²) in [7, 11) is 0. The topological polar surface area (TPSA) is 61.8 Å². The lowest BCUT2D eigenvalue weighted by Crippen LogP contribution is -2.50. The van der Waals surface area contributed by atoms with Crippen molar-refractivity contribution in [2.45, 2.75) is 51.7 Å². The highest BCUT2D eigenvalue weighted by Crippen LogP contribution is 2.17. The molecule has 24 heavy (non-hydrogen) atoms. The molecule has 2 unspecified atom stereocenters. The van der Waals surface area contributed by atoms with Crippen molar-refractivity contribution in [3.63, 3.8) is 0 Å². The van der Waals surface area contributed by atoms with Gasteiger partial charge in [-0.15, -0.1) is 0 Å². The van der Waals surface area contributed by atoms with E-state index in [4.69, 9.17) is 4.74 Å². The van der Waals surface area contributed by atoms with E-state index in [9.17, 15) is 9.90 Å². The Morgan fingerprint density at radius 3 is 3.00 bits per heavy atom. The lowest BCUT2D eigenvalue weighted by molar-refractivity contribution is -0.122. The number of likely N-dealkylation sites (tertiary alicyclic amines) is 1. The maximum atomic E-state index is 11.7. The number of benzene rings is 1. The van der Waals surface area contributed by atoms with Crippen molar-refractivity contribution >= 4 is 5.91 Å². The number of para-hydroxylation sites is 1. The monoisotopic (exact) mass is 334 g/mol. The molecule has 1 aromatic rings. The van der Waals surface area contributed by atoms with E-state index < -0.39 is 6.10 Å². The predicted molar refractivity (Wildman–Crippen MR) is 95.2 cm³/mol. The number of β-amino-alcohol motifs (C(OH)–C–C–N with tert-alkyl or cyclic N) is 1. The van der Waals surface area contributed by atoms with Crippen molar-refractivity contribution in [1.82, 2.24) is 10.2 Å². The molecule has 1 amide bonds. The van der Waals surface area contributed by atoms with Gasteiger partial charge in [0, 0.05) is 25.6 Å². The molecule has 5 heteroatoms. The maximum Gasteiger partial charge on any atom is 0.220 e. The zero-order valence-electron chi connectivity index (χ0n) is 14.8. The summed E-state index contributed by atoms with van der Waals surface area (Å²) in [5.74, 6) is 0.952. The molecule has 0 aliphatic carbocycles. The summed E-state index contributed by atoms with van der Waals surface area (Å²) in [5.41, 5.74) is 1.07. The van der Waals surface area contributed by atoms with Gasteiger partial charge in [0.15, 0.2) is 0 Å². The Morgan fingerprint density at radius 1 is 1.46 bits per heavy atom. The summed E-state index contributed by atoms with van der Waals surface area (Å²) in [6.07, 6.45) is 2.99. The van der Waals surface area contributed by atoms with Crippen LogP contribution < -0.4 is 10.1 Å². The first-order valence-electron chi connectivity index (χ1n) is 8.96. The standard InChI is InChI=1S/C19H30N2O3/c1-3-7-19(23)20-16-9-6-11-21(12-16)13-17(22)14-24-18-10-5-4-8-15(18)2/h4-5,8,10,16-17,22H,3,6-7,9,11-14H2,1-2H3,(H,20,23). The van der Waals surface area contributed by atoms with Crippen LogP contribution in [0.1, 0.15) is 38.2 Å². The van der Waals surface area contributed by atoms with Gasteiger partial charge in [0.2, 0.25) is 5.91 Å². The fraction of sp³-hybridized carbons (Fsp3) is 0.632. The third-order valence-corrected chi connectivity index (χ3v) is 4.34. The highest BCUT2D eigenvalue weighted by molar-refractivity contribution is 5.76. The zero-order valence-corrected chi connectivity index (χ0v) is 14.8. The minimum atomic E-state index is -0.533. The van der Waals surface area contributed by atoms with E-state index in [1.807, 2.05) is 38.1 Å².